The lowest BCUT2D eigenvalue weighted by Crippen LogP contribution is -2.27. The van der Waals surface area contributed by atoms with Crippen molar-refractivity contribution in [3.05, 3.63) is 88.3 Å². The molecule has 0 bridgehead atoms. The van der Waals surface area contributed by atoms with Gasteiger partial charge in [0.15, 0.2) is 11.6 Å². The number of nitrogens with two attached hydrogens (primary N) is 1. The molecular weight excluding hydrogens is 424 g/mol. The van der Waals surface area contributed by atoms with Gasteiger partial charge in [-0.1, -0.05) is 30.7 Å². The fourth-order valence-corrected chi connectivity index (χ4v) is 4.66. The zero-order valence-electron chi connectivity index (χ0n) is 18.5. The van der Waals surface area contributed by atoms with Gasteiger partial charge in [-0.05, 0) is 72.9 Å². The highest BCUT2D eigenvalue weighted by Crippen LogP contribution is 2.44. The molecule has 0 saturated heterocycles. The molecule has 33 heavy (non-hydrogen) atoms. The van der Waals surface area contributed by atoms with Gasteiger partial charge in [-0.2, -0.15) is 5.10 Å². The highest BCUT2D eigenvalue weighted by atomic mass is 19.2. The first-order valence-corrected chi connectivity index (χ1v) is 11.0. The molecule has 1 aromatic heterocycles. The Morgan fingerprint density at radius 2 is 1.97 bits per heavy atom. The number of aliphatic hydroxyl groups excluding tert-OH is 1. The summed E-state index contributed by atoms with van der Waals surface area (Å²) < 4.78 is 28.9. The number of hydrogen-bond acceptors (Lipinski definition) is 3. The number of halogens is 2. The van der Waals surface area contributed by atoms with Crippen LogP contribution in [0.2, 0.25) is 0 Å². The van der Waals surface area contributed by atoms with Gasteiger partial charge in [-0.25, -0.2) is 13.5 Å². The summed E-state index contributed by atoms with van der Waals surface area (Å²) in [6, 6.07) is 11.1. The molecule has 0 aliphatic heterocycles. The Morgan fingerprint density at radius 3 is 2.70 bits per heavy atom. The average Bonchev–Trinajstić information content (AvgIpc) is 3.20. The summed E-state index contributed by atoms with van der Waals surface area (Å²) in [5.74, 6) is -2.26. The van der Waals surface area contributed by atoms with E-state index in [1.54, 1.807) is 23.0 Å². The Labute approximate surface area is 191 Å². The molecule has 1 amide bonds. The Morgan fingerprint density at radius 1 is 1.18 bits per heavy atom. The smallest absolute Gasteiger partial charge is 0.248 e. The number of fused-ring (bicyclic) bond motifs is 1. The number of nitrogens with zero attached hydrogens (tertiary/aromatic N) is 2. The van der Waals surface area contributed by atoms with E-state index < -0.39 is 17.5 Å². The molecule has 2 aromatic carbocycles. The van der Waals surface area contributed by atoms with Gasteiger partial charge in [0.1, 0.15) is 0 Å². The van der Waals surface area contributed by atoms with Crippen LogP contribution in [0.25, 0.3) is 11.8 Å². The van der Waals surface area contributed by atoms with Crippen molar-refractivity contribution in [2.45, 2.75) is 39.0 Å². The number of aryl methyl sites for hydroxylation is 1. The molecule has 1 atom stereocenters. The molecule has 3 N–H and O–H groups in total. The molecular formula is C26H27F2N3O2. The quantitative estimate of drug-likeness (QED) is 0.525. The molecule has 3 aromatic rings. The molecule has 0 radical (unpaired) electrons. The molecule has 0 fully saturated rings. The second-order valence-corrected chi connectivity index (χ2v) is 8.82. The van der Waals surface area contributed by atoms with Gasteiger partial charge in [0, 0.05) is 18.2 Å². The monoisotopic (exact) mass is 451 g/mol. The Balaban J connectivity index is 1.67. The molecule has 7 heteroatoms. The molecule has 4 rings (SSSR count). The van der Waals surface area contributed by atoms with E-state index in [9.17, 15) is 18.7 Å². The van der Waals surface area contributed by atoms with Crippen molar-refractivity contribution in [2.75, 3.05) is 6.61 Å². The van der Waals surface area contributed by atoms with Gasteiger partial charge in [0.05, 0.1) is 17.6 Å². The largest absolute Gasteiger partial charge is 0.396 e. The molecule has 1 aliphatic rings. The van der Waals surface area contributed by atoms with Crippen molar-refractivity contribution in [2.24, 2.45) is 11.1 Å². The normalized spacial score (nSPS) is 17.5. The number of carbonyl (C=O) groups is 1. The maximum atomic E-state index is 13.8. The van der Waals surface area contributed by atoms with E-state index in [2.05, 4.69) is 18.1 Å². The van der Waals surface area contributed by atoms with Crippen LogP contribution in [0.15, 0.2) is 54.2 Å². The molecule has 1 heterocycles. The van der Waals surface area contributed by atoms with E-state index >= 15 is 0 Å². The van der Waals surface area contributed by atoms with Gasteiger partial charge in [-0.3, -0.25) is 4.79 Å². The first-order chi connectivity index (χ1) is 15.8. The molecule has 5 nitrogen and oxygen atoms in total. The van der Waals surface area contributed by atoms with E-state index in [1.807, 2.05) is 12.1 Å². The summed E-state index contributed by atoms with van der Waals surface area (Å²) in [6.45, 7) is 2.26. The van der Waals surface area contributed by atoms with E-state index in [0.29, 0.717) is 36.9 Å². The Kier molecular flexibility index (Phi) is 6.42. The second-order valence-electron chi connectivity index (χ2n) is 8.82. The maximum absolute atomic E-state index is 13.8. The SMILES string of the molecule is C[C@]1(CCc2ccccc2C(N)=O)Cc2cnn(-c3ccc(F)c(F)c3)c2C=C1CCCO. The summed E-state index contributed by atoms with van der Waals surface area (Å²) in [7, 11) is 0. The van der Waals surface area contributed by atoms with Gasteiger partial charge < -0.3 is 10.8 Å². The minimum atomic E-state index is -0.921. The summed E-state index contributed by atoms with van der Waals surface area (Å²) in [6.07, 6.45) is 7.32. The number of primary amides is 1. The maximum Gasteiger partial charge on any atom is 0.248 e. The number of aromatic nitrogens is 2. The van der Waals surface area contributed by atoms with Crippen molar-refractivity contribution < 1.29 is 18.7 Å². The fraction of sp³-hybridized carbons (Fsp3) is 0.308. The van der Waals surface area contributed by atoms with E-state index in [-0.39, 0.29) is 12.0 Å². The minimum Gasteiger partial charge on any atom is -0.396 e. The van der Waals surface area contributed by atoms with Crippen molar-refractivity contribution >= 4 is 12.0 Å². The second kappa shape index (κ2) is 9.27. The zero-order chi connectivity index (χ0) is 23.6. The number of rotatable bonds is 8. The van der Waals surface area contributed by atoms with E-state index in [4.69, 9.17) is 5.73 Å². The van der Waals surface area contributed by atoms with Crippen molar-refractivity contribution in [1.29, 1.82) is 0 Å². The van der Waals surface area contributed by atoms with Crippen molar-refractivity contribution in [3.8, 4) is 5.69 Å². The standard InChI is InChI=1S/C26H27F2N3O2/c1-26(11-10-17-5-2-3-7-21(17)25(29)33)15-18-16-30-31(20-8-9-22(27)23(28)14-20)24(18)13-19(26)6-4-12-32/h2-3,5,7-9,13-14,16,32H,4,6,10-12,15H2,1H3,(H2,29,33)/t26-/m0/s1. The van der Waals surface area contributed by atoms with Crippen LogP contribution in [0, 0.1) is 17.0 Å². The van der Waals surface area contributed by atoms with Crippen LogP contribution in [0.1, 0.15) is 53.4 Å². The van der Waals surface area contributed by atoms with Crippen molar-refractivity contribution in [3.63, 3.8) is 0 Å². The van der Waals surface area contributed by atoms with Gasteiger partial charge >= 0.3 is 0 Å². The van der Waals surface area contributed by atoms with Gasteiger partial charge in [-0.15, -0.1) is 0 Å². The number of hydrogen-bond donors (Lipinski definition) is 2. The van der Waals surface area contributed by atoms with Crippen LogP contribution in [0.3, 0.4) is 0 Å². The third kappa shape index (κ3) is 4.59. The van der Waals surface area contributed by atoms with Crippen LogP contribution in [0.4, 0.5) is 8.78 Å². The first kappa shape index (κ1) is 22.9. The number of allylic oxidation sites excluding steroid dienone is 1. The van der Waals surface area contributed by atoms with E-state index in [1.165, 1.54) is 6.07 Å². The van der Waals surface area contributed by atoms with Crippen LogP contribution in [0.5, 0.6) is 0 Å². The lowest BCUT2D eigenvalue weighted by molar-refractivity contribution is 0.0999. The topological polar surface area (TPSA) is 81.1 Å². The molecule has 0 unspecified atom stereocenters. The van der Waals surface area contributed by atoms with Gasteiger partial charge in [0.25, 0.3) is 0 Å². The van der Waals surface area contributed by atoms with Crippen LogP contribution < -0.4 is 5.73 Å². The number of amides is 1. The number of benzene rings is 2. The molecule has 1 aliphatic carbocycles. The lowest BCUT2D eigenvalue weighted by Gasteiger charge is -2.36. The van der Waals surface area contributed by atoms with Crippen molar-refractivity contribution in [1.82, 2.24) is 9.78 Å². The highest BCUT2D eigenvalue weighted by molar-refractivity contribution is 5.94. The number of carbonyl (C=O) groups excluding carboxylic acids is 1. The third-order valence-corrected chi connectivity index (χ3v) is 6.53. The predicted octanol–water partition coefficient (Wildman–Crippen LogP) is 4.60. The summed E-state index contributed by atoms with van der Waals surface area (Å²) >= 11 is 0. The van der Waals surface area contributed by atoms with Crippen LogP contribution in [-0.2, 0) is 12.8 Å². The van der Waals surface area contributed by atoms with E-state index in [0.717, 1.165) is 40.9 Å². The fourth-order valence-electron chi connectivity index (χ4n) is 4.66. The first-order valence-electron chi connectivity index (χ1n) is 11.0. The number of aliphatic hydroxyl groups is 1. The van der Waals surface area contributed by atoms with Gasteiger partial charge in [0.2, 0.25) is 5.91 Å². The molecule has 172 valence electrons. The Bertz CT molecular complexity index is 1220. The summed E-state index contributed by atoms with van der Waals surface area (Å²) in [5.41, 5.74) is 10.2. The predicted molar refractivity (Wildman–Crippen MR) is 123 cm³/mol. The lowest BCUT2D eigenvalue weighted by atomic mass is 9.68. The Hall–Kier alpha value is -3.32. The van der Waals surface area contributed by atoms with Crippen LogP contribution >= 0.6 is 0 Å². The third-order valence-electron chi connectivity index (χ3n) is 6.53. The summed E-state index contributed by atoms with van der Waals surface area (Å²) in [5, 5.41) is 13.9. The molecule has 0 spiro atoms. The zero-order valence-corrected chi connectivity index (χ0v) is 18.5. The van der Waals surface area contributed by atoms with Crippen LogP contribution in [-0.4, -0.2) is 27.4 Å². The highest BCUT2D eigenvalue weighted by Gasteiger charge is 2.34. The average molecular weight is 452 g/mol. The summed E-state index contributed by atoms with van der Waals surface area (Å²) in [4.78, 5) is 11.8. The molecule has 0 saturated carbocycles. The minimum absolute atomic E-state index is 0.0766.